The van der Waals surface area contributed by atoms with Crippen LogP contribution >= 0.6 is 0 Å². The molecule has 0 spiro atoms. The lowest BCUT2D eigenvalue weighted by Gasteiger charge is -2.36. The summed E-state index contributed by atoms with van der Waals surface area (Å²) in [6, 6.07) is -0.0649. The number of morpholine rings is 1. The van der Waals surface area contributed by atoms with Gasteiger partial charge in [-0.15, -0.1) is 0 Å². The number of unbranched alkanes of at least 4 members (excludes halogenated alkanes) is 2. The fraction of sp³-hybridized carbons (Fsp3) is 0.929. The normalized spacial score (nSPS) is 22.2. The summed E-state index contributed by atoms with van der Waals surface area (Å²) < 4.78 is 5.66. The van der Waals surface area contributed by atoms with Gasteiger partial charge in [0.25, 0.3) is 0 Å². The Labute approximate surface area is 117 Å². The van der Waals surface area contributed by atoms with Gasteiger partial charge in [-0.05, 0) is 20.4 Å². The Morgan fingerprint density at radius 2 is 2.26 bits per heavy atom. The number of carbonyl (C=O) groups excluding carboxylic acids is 1. The maximum atomic E-state index is 12.1. The number of carbonyl (C=O) groups is 1. The molecular weight excluding hydrogens is 242 g/mol. The number of nitrogens with zero attached hydrogens (tertiary/aromatic N) is 1. The van der Waals surface area contributed by atoms with Gasteiger partial charge in [0.2, 0.25) is 5.91 Å². The molecule has 5 nitrogen and oxygen atoms in total. The molecule has 0 saturated carbocycles. The van der Waals surface area contributed by atoms with Crippen LogP contribution in [0, 0.1) is 0 Å². The topological polar surface area (TPSA) is 53.6 Å². The molecule has 0 aromatic carbocycles. The number of rotatable bonds is 8. The Kier molecular flexibility index (Phi) is 8.02. The summed E-state index contributed by atoms with van der Waals surface area (Å²) in [7, 11) is 1.92. The molecule has 19 heavy (non-hydrogen) atoms. The van der Waals surface area contributed by atoms with Crippen molar-refractivity contribution in [1.82, 2.24) is 15.5 Å². The molecule has 0 aliphatic carbocycles. The van der Waals surface area contributed by atoms with Gasteiger partial charge >= 0.3 is 0 Å². The maximum absolute atomic E-state index is 12.1. The van der Waals surface area contributed by atoms with E-state index in [0.717, 1.165) is 32.6 Å². The summed E-state index contributed by atoms with van der Waals surface area (Å²) in [5, 5.41) is 6.15. The van der Waals surface area contributed by atoms with Gasteiger partial charge in [-0.3, -0.25) is 9.69 Å². The Morgan fingerprint density at radius 1 is 1.47 bits per heavy atom. The van der Waals surface area contributed by atoms with Crippen molar-refractivity contribution in [3.05, 3.63) is 0 Å². The molecule has 2 atom stereocenters. The van der Waals surface area contributed by atoms with E-state index in [-0.39, 0.29) is 18.1 Å². The van der Waals surface area contributed by atoms with Gasteiger partial charge in [-0.25, -0.2) is 0 Å². The van der Waals surface area contributed by atoms with Crippen LogP contribution in [0.25, 0.3) is 0 Å². The zero-order valence-electron chi connectivity index (χ0n) is 12.6. The molecule has 0 aromatic rings. The molecule has 1 aliphatic heterocycles. The number of ether oxygens (including phenoxy) is 1. The molecule has 1 fully saturated rings. The smallest absolute Gasteiger partial charge is 0.237 e. The third-order valence-electron chi connectivity index (χ3n) is 3.61. The first kappa shape index (κ1) is 16.4. The van der Waals surface area contributed by atoms with E-state index >= 15 is 0 Å². The molecule has 1 rings (SSSR count). The highest BCUT2D eigenvalue weighted by molar-refractivity contribution is 5.81. The van der Waals surface area contributed by atoms with Crippen LogP contribution < -0.4 is 10.6 Å². The van der Waals surface area contributed by atoms with Crippen LogP contribution in [-0.4, -0.2) is 62.8 Å². The first-order valence-corrected chi connectivity index (χ1v) is 7.47. The second-order valence-corrected chi connectivity index (χ2v) is 5.22. The second kappa shape index (κ2) is 9.28. The summed E-state index contributed by atoms with van der Waals surface area (Å²) in [5.74, 6) is 0.140. The van der Waals surface area contributed by atoms with E-state index < -0.39 is 0 Å². The molecule has 112 valence electrons. The molecule has 1 amide bonds. The van der Waals surface area contributed by atoms with Crippen LogP contribution in [0.2, 0.25) is 0 Å². The Bertz CT molecular complexity index is 259. The van der Waals surface area contributed by atoms with Crippen molar-refractivity contribution in [2.24, 2.45) is 0 Å². The van der Waals surface area contributed by atoms with Gasteiger partial charge < -0.3 is 15.4 Å². The second-order valence-electron chi connectivity index (χ2n) is 5.22. The highest BCUT2D eigenvalue weighted by atomic mass is 16.5. The van der Waals surface area contributed by atoms with Gasteiger partial charge in [0.15, 0.2) is 0 Å². The number of hydrogen-bond donors (Lipinski definition) is 2. The van der Waals surface area contributed by atoms with Crippen LogP contribution in [0.3, 0.4) is 0 Å². The van der Waals surface area contributed by atoms with E-state index in [1.165, 1.54) is 12.8 Å². The van der Waals surface area contributed by atoms with E-state index in [1.807, 2.05) is 14.0 Å². The summed E-state index contributed by atoms with van der Waals surface area (Å²) in [4.78, 5) is 14.3. The summed E-state index contributed by atoms with van der Waals surface area (Å²) >= 11 is 0. The molecule has 0 radical (unpaired) electrons. The van der Waals surface area contributed by atoms with Gasteiger partial charge in [0.05, 0.1) is 18.8 Å². The van der Waals surface area contributed by atoms with Crippen molar-refractivity contribution in [3.63, 3.8) is 0 Å². The molecule has 2 N–H and O–H groups in total. The molecule has 0 aromatic heterocycles. The summed E-state index contributed by atoms with van der Waals surface area (Å²) in [6.07, 6.45) is 3.62. The van der Waals surface area contributed by atoms with Crippen molar-refractivity contribution in [3.8, 4) is 0 Å². The molecule has 1 heterocycles. The average molecular weight is 271 g/mol. The van der Waals surface area contributed by atoms with E-state index in [9.17, 15) is 4.79 Å². The Morgan fingerprint density at radius 3 is 2.95 bits per heavy atom. The van der Waals surface area contributed by atoms with Gasteiger partial charge in [-0.2, -0.15) is 0 Å². The minimum Gasteiger partial charge on any atom is -0.374 e. The van der Waals surface area contributed by atoms with E-state index in [0.29, 0.717) is 6.61 Å². The number of amides is 1. The quantitative estimate of drug-likeness (QED) is 0.635. The molecule has 0 bridgehead atoms. The van der Waals surface area contributed by atoms with Gasteiger partial charge in [-0.1, -0.05) is 19.8 Å². The minimum absolute atomic E-state index is 0.0649. The molecule has 2 unspecified atom stereocenters. The largest absolute Gasteiger partial charge is 0.374 e. The highest BCUT2D eigenvalue weighted by Gasteiger charge is 2.27. The highest BCUT2D eigenvalue weighted by Crippen LogP contribution is 2.09. The van der Waals surface area contributed by atoms with Crippen LogP contribution in [-0.2, 0) is 9.53 Å². The van der Waals surface area contributed by atoms with Crippen molar-refractivity contribution < 1.29 is 9.53 Å². The zero-order valence-corrected chi connectivity index (χ0v) is 12.6. The Balaban J connectivity index is 2.30. The van der Waals surface area contributed by atoms with Crippen LogP contribution in [0.1, 0.15) is 33.1 Å². The predicted octanol–water partition coefficient (Wildman–Crippen LogP) is 0.602. The lowest BCUT2D eigenvalue weighted by molar-refractivity contribution is -0.129. The van der Waals surface area contributed by atoms with Crippen molar-refractivity contribution in [2.75, 3.05) is 39.8 Å². The fourth-order valence-electron chi connectivity index (χ4n) is 2.35. The minimum atomic E-state index is -0.0649. The summed E-state index contributed by atoms with van der Waals surface area (Å²) in [5.41, 5.74) is 0. The first-order chi connectivity index (χ1) is 9.19. The fourth-order valence-corrected chi connectivity index (χ4v) is 2.35. The van der Waals surface area contributed by atoms with Crippen LogP contribution in [0.5, 0.6) is 0 Å². The number of likely N-dealkylation sites (N-methyl/N-ethyl adjacent to an activating group) is 1. The Hall–Kier alpha value is -0.650. The van der Waals surface area contributed by atoms with E-state index in [4.69, 9.17) is 4.74 Å². The van der Waals surface area contributed by atoms with Crippen molar-refractivity contribution >= 4 is 5.91 Å². The molecule has 1 saturated heterocycles. The average Bonchev–Trinajstić information content (AvgIpc) is 2.43. The molecule has 1 aliphatic rings. The standard InChI is InChI=1S/C14H29N3O2/c1-4-5-6-7-16-14(18)12(2)17-8-9-19-13(11-17)10-15-3/h12-13,15H,4-11H2,1-3H3,(H,16,18). The van der Waals surface area contributed by atoms with Gasteiger partial charge in [0, 0.05) is 26.2 Å². The lowest BCUT2D eigenvalue weighted by Crippen LogP contribution is -2.53. The van der Waals surface area contributed by atoms with Crippen molar-refractivity contribution in [2.45, 2.75) is 45.3 Å². The first-order valence-electron chi connectivity index (χ1n) is 7.47. The SMILES string of the molecule is CCCCCNC(=O)C(C)N1CCOC(CNC)C1. The third kappa shape index (κ3) is 5.89. The monoisotopic (exact) mass is 271 g/mol. The van der Waals surface area contributed by atoms with Crippen molar-refractivity contribution in [1.29, 1.82) is 0 Å². The zero-order chi connectivity index (χ0) is 14.1. The predicted molar refractivity (Wildman–Crippen MR) is 77.2 cm³/mol. The van der Waals surface area contributed by atoms with Crippen LogP contribution in [0.15, 0.2) is 0 Å². The summed E-state index contributed by atoms with van der Waals surface area (Å²) in [6.45, 7) is 8.15. The van der Waals surface area contributed by atoms with E-state index in [1.54, 1.807) is 0 Å². The number of hydrogen-bond acceptors (Lipinski definition) is 4. The third-order valence-corrected chi connectivity index (χ3v) is 3.61. The van der Waals surface area contributed by atoms with E-state index in [2.05, 4.69) is 22.5 Å². The molecular formula is C14H29N3O2. The number of nitrogens with one attached hydrogen (secondary N) is 2. The van der Waals surface area contributed by atoms with Crippen LogP contribution in [0.4, 0.5) is 0 Å². The van der Waals surface area contributed by atoms with Gasteiger partial charge in [0.1, 0.15) is 0 Å². The molecule has 5 heteroatoms. The maximum Gasteiger partial charge on any atom is 0.237 e. The lowest BCUT2D eigenvalue weighted by atomic mass is 10.2.